The van der Waals surface area contributed by atoms with Crippen molar-refractivity contribution in [3.8, 4) is 5.75 Å². The first kappa shape index (κ1) is 20.2. The molecule has 0 aliphatic carbocycles. The molecule has 0 N–H and O–H groups in total. The number of benzene rings is 1. The molecule has 0 radical (unpaired) electrons. The summed E-state index contributed by atoms with van der Waals surface area (Å²) >= 11 is 0. The monoisotopic (exact) mass is 424 g/mol. The number of alkyl halides is 3. The van der Waals surface area contributed by atoms with Crippen LogP contribution in [0.2, 0.25) is 0 Å². The molecule has 10 heteroatoms. The lowest BCUT2D eigenvalue weighted by Crippen LogP contribution is -2.40. The van der Waals surface area contributed by atoms with Gasteiger partial charge >= 0.3 is 6.18 Å². The highest BCUT2D eigenvalue weighted by atomic mass is 19.4. The standard InChI is InChI=1S/C20H20F4N4O2/c1-29-14-2-3-15(16(21)12-14)17-7-11-30-28(17)18-4-8-25-19(26-18)27-9-5-13(6-10-27)20(22,23)24/h2-4,7-8,11-13,17H,5-6,9-10H2,1H3. The smallest absolute Gasteiger partial charge is 0.391 e. The van der Waals surface area contributed by atoms with Crippen LogP contribution in [0.3, 0.4) is 0 Å². The summed E-state index contributed by atoms with van der Waals surface area (Å²) in [5, 5.41) is 1.43. The molecule has 1 aromatic heterocycles. The van der Waals surface area contributed by atoms with E-state index in [2.05, 4.69) is 9.97 Å². The van der Waals surface area contributed by atoms with Gasteiger partial charge in [-0.05, 0) is 31.1 Å². The van der Waals surface area contributed by atoms with Crippen LogP contribution in [0.1, 0.15) is 24.4 Å². The Balaban J connectivity index is 1.52. The zero-order valence-electron chi connectivity index (χ0n) is 16.1. The highest BCUT2D eigenvalue weighted by molar-refractivity contribution is 5.48. The fourth-order valence-electron chi connectivity index (χ4n) is 3.64. The first-order chi connectivity index (χ1) is 14.4. The zero-order valence-corrected chi connectivity index (χ0v) is 16.1. The zero-order chi connectivity index (χ0) is 21.3. The number of halogens is 4. The van der Waals surface area contributed by atoms with E-state index in [1.54, 1.807) is 29.2 Å². The van der Waals surface area contributed by atoms with E-state index in [0.717, 1.165) is 0 Å². The Kier molecular flexibility index (Phi) is 5.40. The second-order valence-electron chi connectivity index (χ2n) is 7.11. The van der Waals surface area contributed by atoms with Crippen molar-refractivity contribution >= 4 is 11.8 Å². The average molecular weight is 424 g/mol. The van der Waals surface area contributed by atoms with Crippen molar-refractivity contribution in [1.29, 1.82) is 0 Å². The molecular weight excluding hydrogens is 404 g/mol. The van der Waals surface area contributed by atoms with Gasteiger partial charge in [0, 0.05) is 37.0 Å². The third-order valence-corrected chi connectivity index (χ3v) is 5.31. The third kappa shape index (κ3) is 3.99. The van der Waals surface area contributed by atoms with Crippen LogP contribution in [0, 0.1) is 11.7 Å². The maximum Gasteiger partial charge on any atom is 0.391 e. The number of piperidine rings is 1. The number of hydroxylamine groups is 1. The molecule has 1 aromatic carbocycles. The number of hydrogen-bond acceptors (Lipinski definition) is 6. The van der Waals surface area contributed by atoms with E-state index in [4.69, 9.17) is 9.57 Å². The van der Waals surface area contributed by atoms with Gasteiger partial charge in [0.1, 0.15) is 23.9 Å². The van der Waals surface area contributed by atoms with Gasteiger partial charge in [-0.15, -0.1) is 0 Å². The molecule has 4 rings (SSSR count). The third-order valence-electron chi connectivity index (χ3n) is 5.31. The summed E-state index contributed by atoms with van der Waals surface area (Å²) in [7, 11) is 1.46. The topological polar surface area (TPSA) is 50.7 Å². The Morgan fingerprint density at radius 1 is 1.17 bits per heavy atom. The lowest BCUT2D eigenvalue weighted by Gasteiger charge is -2.33. The van der Waals surface area contributed by atoms with E-state index in [9.17, 15) is 17.6 Å². The Morgan fingerprint density at radius 3 is 2.60 bits per heavy atom. The number of hydrogen-bond donors (Lipinski definition) is 0. The minimum atomic E-state index is -4.18. The number of methoxy groups -OCH3 is 1. The minimum Gasteiger partial charge on any atom is -0.497 e. The second-order valence-corrected chi connectivity index (χ2v) is 7.11. The molecular formula is C20H20F4N4O2. The summed E-state index contributed by atoms with van der Waals surface area (Å²) in [4.78, 5) is 15.9. The molecule has 0 spiro atoms. The van der Waals surface area contributed by atoms with Crippen LogP contribution in [0.4, 0.5) is 29.3 Å². The Bertz CT molecular complexity index is 929. The van der Waals surface area contributed by atoms with Gasteiger partial charge in [0.15, 0.2) is 5.82 Å². The number of nitrogens with zero attached hydrogens (tertiary/aromatic N) is 4. The van der Waals surface area contributed by atoms with E-state index in [0.29, 0.717) is 23.1 Å². The van der Waals surface area contributed by atoms with Gasteiger partial charge in [-0.2, -0.15) is 23.2 Å². The maximum absolute atomic E-state index is 14.6. The van der Waals surface area contributed by atoms with Crippen LogP contribution in [0.15, 0.2) is 42.8 Å². The molecule has 2 aliphatic heterocycles. The molecule has 2 aliphatic rings. The van der Waals surface area contributed by atoms with Crippen molar-refractivity contribution in [2.75, 3.05) is 30.2 Å². The van der Waals surface area contributed by atoms with Gasteiger partial charge in [-0.25, -0.2) is 9.37 Å². The highest BCUT2D eigenvalue weighted by Crippen LogP contribution is 2.37. The van der Waals surface area contributed by atoms with Gasteiger partial charge in [-0.3, -0.25) is 0 Å². The fraction of sp³-hybridized carbons (Fsp3) is 0.400. The quantitative estimate of drug-likeness (QED) is 0.678. The molecule has 2 aromatic rings. The number of aromatic nitrogens is 2. The van der Waals surface area contributed by atoms with Crippen molar-refractivity contribution in [2.24, 2.45) is 5.92 Å². The van der Waals surface area contributed by atoms with Gasteiger partial charge in [-0.1, -0.05) is 0 Å². The normalized spacial score (nSPS) is 19.8. The largest absolute Gasteiger partial charge is 0.497 e. The average Bonchev–Trinajstić information content (AvgIpc) is 3.23. The number of ether oxygens (including phenoxy) is 1. The summed E-state index contributed by atoms with van der Waals surface area (Å²) in [6.45, 7) is 0.423. The SMILES string of the molecule is COc1ccc(C2C=CON2c2ccnc(N3CCC(C(F)(F)F)CC3)n2)c(F)c1. The molecule has 0 saturated carbocycles. The highest BCUT2D eigenvalue weighted by Gasteiger charge is 2.41. The van der Waals surface area contributed by atoms with Crippen LogP contribution >= 0.6 is 0 Å². The molecule has 0 bridgehead atoms. The number of rotatable bonds is 4. The molecule has 3 heterocycles. The molecule has 1 fully saturated rings. The van der Waals surface area contributed by atoms with Crippen molar-refractivity contribution in [3.05, 3.63) is 54.2 Å². The summed E-state index contributed by atoms with van der Waals surface area (Å²) < 4.78 is 58.3. The van der Waals surface area contributed by atoms with Crippen LogP contribution < -0.4 is 14.7 Å². The van der Waals surface area contributed by atoms with Crippen LogP contribution in [0.25, 0.3) is 0 Å². The summed E-state index contributed by atoms with van der Waals surface area (Å²) in [5.41, 5.74) is 0.371. The Morgan fingerprint density at radius 2 is 1.93 bits per heavy atom. The Hall–Kier alpha value is -3.04. The van der Waals surface area contributed by atoms with E-state index < -0.39 is 24.0 Å². The van der Waals surface area contributed by atoms with Gasteiger partial charge in [0.05, 0.1) is 13.0 Å². The predicted molar refractivity (Wildman–Crippen MR) is 101 cm³/mol. The summed E-state index contributed by atoms with van der Waals surface area (Å²) in [5.74, 6) is -0.661. The molecule has 1 atom stereocenters. The first-order valence-electron chi connectivity index (χ1n) is 9.47. The predicted octanol–water partition coefficient (Wildman–Crippen LogP) is 4.41. The Labute approximate surface area is 170 Å². The molecule has 160 valence electrons. The lowest BCUT2D eigenvalue weighted by molar-refractivity contribution is -0.179. The molecule has 1 unspecified atom stereocenters. The van der Waals surface area contributed by atoms with Crippen LogP contribution in [-0.2, 0) is 4.84 Å². The number of anilines is 2. The maximum atomic E-state index is 14.6. The summed E-state index contributed by atoms with van der Waals surface area (Å²) in [6, 6.07) is 5.59. The summed E-state index contributed by atoms with van der Waals surface area (Å²) in [6.07, 6.45) is 0.444. The van der Waals surface area contributed by atoms with Crippen molar-refractivity contribution < 1.29 is 27.1 Å². The van der Waals surface area contributed by atoms with Crippen molar-refractivity contribution in [3.63, 3.8) is 0 Å². The van der Waals surface area contributed by atoms with Crippen LogP contribution in [-0.4, -0.2) is 36.3 Å². The van der Waals surface area contributed by atoms with E-state index in [-0.39, 0.29) is 25.9 Å². The van der Waals surface area contributed by atoms with Crippen LogP contribution in [0.5, 0.6) is 5.75 Å². The van der Waals surface area contributed by atoms with Gasteiger partial charge < -0.3 is 14.5 Å². The van der Waals surface area contributed by atoms with E-state index in [1.807, 2.05) is 0 Å². The van der Waals surface area contributed by atoms with E-state index >= 15 is 0 Å². The molecule has 1 saturated heterocycles. The van der Waals surface area contributed by atoms with Crippen molar-refractivity contribution in [2.45, 2.75) is 25.1 Å². The molecule has 30 heavy (non-hydrogen) atoms. The lowest BCUT2D eigenvalue weighted by atomic mass is 9.96. The van der Waals surface area contributed by atoms with Gasteiger partial charge in [0.25, 0.3) is 0 Å². The van der Waals surface area contributed by atoms with Gasteiger partial charge in [0.2, 0.25) is 5.95 Å². The molecule has 6 nitrogen and oxygen atoms in total. The van der Waals surface area contributed by atoms with E-state index in [1.165, 1.54) is 30.7 Å². The molecule has 0 amide bonds. The minimum absolute atomic E-state index is 0.00145. The van der Waals surface area contributed by atoms with Crippen molar-refractivity contribution in [1.82, 2.24) is 9.97 Å². The fourth-order valence-corrected chi connectivity index (χ4v) is 3.64. The first-order valence-corrected chi connectivity index (χ1v) is 9.47. The second kappa shape index (κ2) is 8.00.